The number of sulfonamides is 1. The molecule has 0 fully saturated rings. The topological polar surface area (TPSA) is 84.7 Å². The maximum absolute atomic E-state index is 12.1. The average Bonchev–Trinajstić information content (AvgIpc) is 2.78. The molecule has 8 heteroatoms. The van der Waals surface area contributed by atoms with Crippen LogP contribution in [0, 0.1) is 13.8 Å². The zero-order valence-electron chi connectivity index (χ0n) is 13.2. The predicted molar refractivity (Wildman–Crippen MR) is 79.8 cm³/mol. The van der Waals surface area contributed by atoms with Gasteiger partial charge in [0.15, 0.2) is 5.76 Å². The van der Waals surface area contributed by atoms with Crippen LogP contribution in [0.4, 0.5) is 0 Å². The molecule has 0 amide bonds. The van der Waals surface area contributed by atoms with Gasteiger partial charge < -0.3 is 14.2 Å². The smallest absolute Gasteiger partial charge is 0.246 e. The third kappa shape index (κ3) is 5.39. The van der Waals surface area contributed by atoms with Crippen LogP contribution >= 0.6 is 0 Å². The fourth-order valence-electron chi connectivity index (χ4n) is 2.01. The van der Waals surface area contributed by atoms with E-state index in [4.69, 9.17) is 9.26 Å². The molecule has 1 N–H and O–H groups in total. The first kappa shape index (κ1) is 18.1. The number of ether oxygens (including phenoxy) is 1. The second-order valence-corrected chi connectivity index (χ2v) is 6.39. The quantitative estimate of drug-likeness (QED) is 0.646. The van der Waals surface area contributed by atoms with Gasteiger partial charge in [-0.15, -0.1) is 0 Å². The van der Waals surface area contributed by atoms with E-state index in [9.17, 15) is 8.42 Å². The maximum Gasteiger partial charge on any atom is 0.246 e. The minimum absolute atomic E-state index is 0.116. The SMILES string of the molecule is CCN(CC)CCOCCNS(=O)(=O)c1c(C)noc1C. The van der Waals surface area contributed by atoms with Gasteiger partial charge in [-0.25, -0.2) is 13.1 Å². The van der Waals surface area contributed by atoms with E-state index in [0.29, 0.717) is 24.7 Å². The zero-order chi connectivity index (χ0) is 15.9. The van der Waals surface area contributed by atoms with Crippen molar-refractivity contribution < 1.29 is 17.7 Å². The van der Waals surface area contributed by atoms with Gasteiger partial charge in [0, 0.05) is 13.1 Å². The van der Waals surface area contributed by atoms with Crippen molar-refractivity contribution in [1.82, 2.24) is 14.8 Å². The highest BCUT2D eigenvalue weighted by molar-refractivity contribution is 7.89. The van der Waals surface area contributed by atoms with Crippen molar-refractivity contribution in [3.63, 3.8) is 0 Å². The Morgan fingerprint density at radius 3 is 2.43 bits per heavy atom. The average molecular weight is 319 g/mol. The molecule has 0 aliphatic heterocycles. The van der Waals surface area contributed by atoms with Gasteiger partial charge in [0.05, 0.1) is 13.2 Å². The molecule has 7 nitrogen and oxygen atoms in total. The molecule has 1 aromatic rings. The Labute approximate surface area is 126 Å². The third-order valence-electron chi connectivity index (χ3n) is 3.22. The van der Waals surface area contributed by atoms with E-state index in [1.165, 1.54) is 0 Å². The first-order valence-electron chi connectivity index (χ1n) is 7.15. The molecule has 1 heterocycles. The Bertz CT molecular complexity index is 504. The van der Waals surface area contributed by atoms with E-state index in [1.54, 1.807) is 13.8 Å². The number of hydrogen-bond acceptors (Lipinski definition) is 6. The van der Waals surface area contributed by atoms with Crippen LogP contribution in [0.5, 0.6) is 0 Å². The van der Waals surface area contributed by atoms with Crippen LogP contribution in [0.25, 0.3) is 0 Å². The zero-order valence-corrected chi connectivity index (χ0v) is 14.0. The monoisotopic (exact) mass is 319 g/mol. The predicted octanol–water partition coefficient (Wildman–Crippen LogP) is 0.928. The molecule has 1 aromatic heterocycles. The number of nitrogens with zero attached hydrogens (tertiary/aromatic N) is 2. The molecule has 0 unspecified atom stereocenters. The number of aromatic nitrogens is 1. The lowest BCUT2D eigenvalue weighted by atomic mass is 10.4. The number of nitrogens with one attached hydrogen (secondary N) is 1. The number of rotatable bonds is 10. The van der Waals surface area contributed by atoms with Crippen molar-refractivity contribution in [3.05, 3.63) is 11.5 Å². The van der Waals surface area contributed by atoms with Crippen LogP contribution in [0.2, 0.25) is 0 Å². The highest BCUT2D eigenvalue weighted by atomic mass is 32.2. The van der Waals surface area contributed by atoms with Crippen LogP contribution < -0.4 is 4.72 Å². The lowest BCUT2D eigenvalue weighted by molar-refractivity contribution is 0.111. The largest absolute Gasteiger partial charge is 0.379 e. The van der Waals surface area contributed by atoms with Crippen LogP contribution in [0.3, 0.4) is 0 Å². The standard InChI is InChI=1S/C13H25N3O4S/c1-5-16(6-2)8-10-19-9-7-14-21(17,18)13-11(3)15-20-12(13)4/h14H,5-10H2,1-4H3. The Morgan fingerprint density at radius 1 is 1.24 bits per heavy atom. The van der Waals surface area contributed by atoms with E-state index < -0.39 is 10.0 Å². The van der Waals surface area contributed by atoms with Crippen molar-refractivity contribution in [2.24, 2.45) is 0 Å². The van der Waals surface area contributed by atoms with Gasteiger partial charge in [0.25, 0.3) is 0 Å². The fraction of sp³-hybridized carbons (Fsp3) is 0.769. The number of likely N-dealkylation sites (N-methyl/N-ethyl adjacent to an activating group) is 1. The van der Waals surface area contributed by atoms with Crippen LogP contribution in [-0.4, -0.2) is 57.9 Å². The summed E-state index contributed by atoms with van der Waals surface area (Å²) in [4.78, 5) is 2.36. The van der Waals surface area contributed by atoms with Crippen molar-refractivity contribution in [3.8, 4) is 0 Å². The second-order valence-electron chi connectivity index (χ2n) is 4.69. The summed E-state index contributed by atoms with van der Waals surface area (Å²) in [6, 6.07) is 0. The lowest BCUT2D eigenvalue weighted by Gasteiger charge is -2.17. The minimum atomic E-state index is -3.59. The summed E-state index contributed by atoms with van der Waals surface area (Å²) < 4.78 is 37.0. The van der Waals surface area contributed by atoms with Gasteiger partial charge in [0.2, 0.25) is 10.0 Å². The molecular formula is C13H25N3O4S. The summed E-state index contributed by atoms with van der Waals surface area (Å²) in [6.07, 6.45) is 0. The Balaban J connectivity index is 2.33. The molecule has 0 saturated carbocycles. The van der Waals surface area contributed by atoms with Gasteiger partial charge >= 0.3 is 0 Å². The molecule has 21 heavy (non-hydrogen) atoms. The van der Waals surface area contributed by atoms with Gasteiger partial charge in [-0.2, -0.15) is 0 Å². The van der Waals surface area contributed by atoms with Crippen molar-refractivity contribution >= 4 is 10.0 Å². The molecule has 0 radical (unpaired) electrons. The highest BCUT2D eigenvalue weighted by Gasteiger charge is 2.23. The van der Waals surface area contributed by atoms with E-state index >= 15 is 0 Å². The van der Waals surface area contributed by atoms with Crippen LogP contribution in [0.1, 0.15) is 25.3 Å². The molecule has 0 aliphatic rings. The van der Waals surface area contributed by atoms with Crippen LogP contribution in [0.15, 0.2) is 9.42 Å². The van der Waals surface area contributed by atoms with Gasteiger partial charge in [-0.3, -0.25) is 0 Å². The summed E-state index contributed by atoms with van der Waals surface area (Å²) in [6.45, 7) is 11.4. The molecule has 0 saturated heterocycles. The summed E-state index contributed by atoms with van der Waals surface area (Å²) in [5.41, 5.74) is 0.363. The normalized spacial score (nSPS) is 12.2. The Morgan fingerprint density at radius 2 is 1.90 bits per heavy atom. The van der Waals surface area contributed by atoms with Gasteiger partial charge in [-0.1, -0.05) is 19.0 Å². The number of hydrogen-bond donors (Lipinski definition) is 1. The first-order valence-corrected chi connectivity index (χ1v) is 8.63. The van der Waals surface area contributed by atoms with Crippen molar-refractivity contribution in [1.29, 1.82) is 0 Å². The summed E-state index contributed by atoms with van der Waals surface area (Å²) in [5, 5.41) is 3.65. The lowest BCUT2D eigenvalue weighted by Crippen LogP contribution is -2.30. The highest BCUT2D eigenvalue weighted by Crippen LogP contribution is 2.18. The van der Waals surface area contributed by atoms with E-state index in [-0.39, 0.29) is 11.4 Å². The van der Waals surface area contributed by atoms with Crippen molar-refractivity contribution in [2.45, 2.75) is 32.6 Å². The number of aryl methyl sites for hydroxylation is 2. The molecule has 0 aromatic carbocycles. The third-order valence-corrected chi connectivity index (χ3v) is 4.93. The van der Waals surface area contributed by atoms with E-state index in [0.717, 1.165) is 19.6 Å². The van der Waals surface area contributed by atoms with E-state index in [1.807, 2.05) is 0 Å². The van der Waals surface area contributed by atoms with Gasteiger partial charge in [-0.05, 0) is 26.9 Å². The summed E-state index contributed by atoms with van der Waals surface area (Å²) in [5.74, 6) is 0.294. The van der Waals surface area contributed by atoms with Gasteiger partial charge in [0.1, 0.15) is 10.6 Å². The van der Waals surface area contributed by atoms with E-state index in [2.05, 4.69) is 28.6 Å². The summed E-state index contributed by atoms with van der Waals surface area (Å²) >= 11 is 0. The molecule has 1 rings (SSSR count). The fourth-order valence-corrected chi connectivity index (χ4v) is 3.35. The molecule has 0 aliphatic carbocycles. The van der Waals surface area contributed by atoms with Crippen LogP contribution in [-0.2, 0) is 14.8 Å². The molecular weight excluding hydrogens is 294 g/mol. The van der Waals surface area contributed by atoms with Crippen molar-refractivity contribution in [2.75, 3.05) is 39.4 Å². The first-order chi connectivity index (χ1) is 9.92. The molecule has 0 atom stereocenters. The Hall–Kier alpha value is -0.960. The minimum Gasteiger partial charge on any atom is -0.379 e. The maximum atomic E-state index is 12.1. The molecule has 0 spiro atoms. The second kappa shape index (κ2) is 8.47. The summed E-state index contributed by atoms with van der Waals surface area (Å²) in [7, 11) is -3.59. The Kier molecular flexibility index (Phi) is 7.30. The molecule has 122 valence electrons. The molecule has 0 bridgehead atoms.